The van der Waals surface area contributed by atoms with Gasteiger partial charge in [0.1, 0.15) is 5.60 Å². The minimum Gasteiger partial charge on any atom is -0.441 e. The summed E-state index contributed by atoms with van der Waals surface area (Å²) < 4.78 is 11.3. The fourth-order valence-electron chi connectivity index (χ4n) is 4.11. The van der Waals surface area contributed by atoms with Crippen molar-refractivity contribution in [3.63, 3.8) is 0 Å². The van der Waals surface area contributed by atoms with Crippen molar-refractivity contribution in [1.82, 2.24) is 14.7 Å². The number of likely N-dealkylation sites (tertiary alicyclic amines) is 1. The number of nitrogens with zero attached hydrogens (tertiary/aromatic N) is 3. The average Bonchev–Trinajstić information content (AvgIpc) is 2.66. The van der Waals surface area contributed by atoms with Gasteiger partial charge in [0.25, 0.3) is 0 Å². The van der Waals surface area contributed by atoms with E-state index in [-0.39, 0.29) is 29.8 Å². The molecule has 0 N–H and O–H groups in total. The number of carbonyl (C=O) groups is 2. The second-order valence-corrected chi connectivity index (χ2v) is 7.59. The Kier molecular flexibility index (Phi) is 5.01. The highest BCUT2D eigenvalue weighted by Gasteiger charge is 2.44. The van der Waals surface area contributed by atoms with Gasteiger partial charge in [-0.05, 0) is 33.2 Å². The van der Waals surface area contributed by atoms with Crippen LogP contribution >= 0.6 is 0 Å². The molecule has 0 aliphatic carbocycles. The zero-order valence-corrected chi connectivity index (χ0v) is 15.0. The fraction of sp³-hybridized carbons (Fsp3) is 0.882. The van der Waals surface area contributed by atoms with E-state index in [1.54, 1.807) is 11.9 Å². The van der Waals surface area contributed by atoms with E-state index >= 15 is 0 Å². The van der Waals surface area contributed by atoms with Gasteiger partial charge in [-0.3, -0.25) is 9.69 Å². The number of morpholine rings is 1. The lowest BCUT2D eigenvalue weighted by Gasteiger charge is -2.36. The second-order valence-electron chi connectivity index (χ2n) is 7.59. The smallest absolute Gasteiger partial charge is 0.410 e. The third kappa shape index (κ3) is 3.83. The summed E-state index contributed by atoms with van der Waals surface area (Å²) in [6.07, 6.45) is 2.59. The van der Waals surface area contributed by atoms with Crippen molar-refractivity contribution in [2.45, 2.75) is 50.9 Å². The van der Waals surface area contributed by atoms with E-state index in [1.165, 1.54) is 0 Å². The van der Waals surface area contributed by atoms with Gasteiger partial charge in [0.05, 0.1) is 25.3 Å². The predicted octanol–water partition coefficient (Wildman–Crippen LogP) is 0.929. The predicted molar refractivity (Wildman–Crippen MR) is 88.7 cm³/mol. The Bertz CT molecular complexity index is 490. The lowest BCUT2D eigenvalue weighted by atomic mass is 9.95. The lowest BCUT2D eigenvalue weighted by Crippen LogP contribution is -2.51. The van der Waals surface area contributed by atoms with Crippen LogP contribution in [0.25, 0.3) is 0 Å². The number of carbonyl (C=O) groups excluding carboxylic acids is 2. The summed E-state index contributed by atoms with van der Waals surface area (Å²) in [5.41, 5.74) is -0.356. The maximum Gasteiger partial charge on any atom is 0.410 e. The number of ether oxygens (including phenoxy) is 2. The highest BCUT2D eigenvalue weighted by Crippen LogP contribution is 2.32. The third-order valence-corrected chi connectivity index (χ3v) is 5.26. The summed E-state index contributed by atoms with van der Waals surface area (Å²) in [6.45, 7) is 8.14. The standard InChI is InChI=1S/C17H29N3O4/c1-13-9-20(10-14(2)23-13)15(21)11-19-7-4-5-17(6-8-19)12-18(3)16(22)24-17/h13-14H,4-12H2,1-3H3/t13-,14+,17?. The number of hydrogen-bond acceptors (Lipinski definition) is 5. The van der Waals surface area contributed by atoms with Gasteiger partial charge >= 0.3 is 6.09 Å². The quantitative estimate of drug-likeness (QED) is 0.749. The topological polar surface area (TPSA) is 62.3 Å². The Morgan fingerprint density at radius 1 is 1.21 bits per heavy atom. The molecule has 0 bridgehead atoms. The summed E-state index contributed by atoms with van der Waals surface area (Å²) in [6, 6.07) is 0. The van der Waals surface area contributed by atoms with E-state index < -0.39 is 0 Å². The molecule has 3 aliphatic rings. The van der Waals surface area contributed by atoms with Crippen LogP contribution in [0.5, 0.6) is 0 Å². The van der Waals surface area contributed by atoms with Crippen LogP contribution in [0.3, 0.4) is 0 Å². The molecule has 1 spiro atoms. The van der Waals surface area contributed by atoms with Gasteiger partial charge < -0.3 is 19.3 Å². The number of likely N-dealkylation sites (N-methyl/N-ethyl adjacent to an activating group) is 1. The Morgan fingerprint density at radius 3 is 2.54 bits per heavy atom. The highest BCUT2D eigenvalue weighted by atomic mass is 16.6. The molecule has 7 nitrogen and oxygen atoms in total. The molecule has 0 aromatic heterocycles. The molecule has 0 aromatic rings. The van der Waals surface area contributed by atoms with Gasteiger partial charge in [0, 0.05) is 33.1 Å². The Hall–Kier alpha value is -1.34. The number of amides is 2. The average molecular weight is 339 g/mol. The van der Waals surface area contributed by atoms with Gasteiger partial charge in [-0.2, -0.15) is 0 Å². The van der Waals surface area contributed by atoms with Crippen molar-refractivity contribution >= 4 is 12.0 Å². The molecule has 3 atom stereocenters. The van der Waals surface area contributed by atoms with E-state index in [1.807, 2.05) is 18.7 Å². The van der Waals surface area contributed by atoms with Crippen molar-refractivity contribution in [2.24, 2.45) is 0 Å². The first-order valence-electron chi connectivity index (χ1n) is 8.97. The molecule has 0 aromatic carbocycles. The Labute approximate surface area is 143 Å². The highest BCUT2D eigenvalue weighted by molar-refractivity contribution is 5.78. The molecule has 3 fully saturated rings. The fourth-order valence-corrected chi connectivity index (χ4v) is 4.11. The van der Waals surface area contributed by atoms with Crippen LogP contribution in [0, 0.1) is 0 Å². The number of hydrogen-bond donors (Lipinski definition) is 0. The van der Waals surface area contributed by atoms with Gasteiger partial charge in [-0.25, -0.2) is 4.79 Å². The number of rotatable bonds is 2. The van der Waals surface area contributed by atoms with Crippen molar-refractivity contribution in [1.29, 1.82) is 0 Å². The van der Waals surface area contributed by atoms with Gasteiger partial charge in [-0.15, -0.1) is 0 Å². The molecule has 0 saturated carbocycles. The minimum absolute atomic E-state index is 0.0959. The van der Waals surface area contributed by atoms with E-state index in [0.29, 0.717) is 26.2 Å². The molecule has 7 heteroatoms. The van der Waals surface area contributed by atoms with E-state index in [2.05, 4.69) is 4.90 Å². The van der Waals surface area contributed by atoms with Crippen molar-refractivity contribution in [2.75, 3.05) is 46.3 Å². The van der Waals surface area contributed by atoms with Crippen molar-refractivity contribution in [3.05, 3.63) is 0 Å². The summed E-state index contributed by atoms with van der Waals surface area (Å²) >= 11 is 0. The molecule has 3 rings (SSSR count). The lowest BCUT2D eigenvalue weighted by molar-refractivity contribution is -0.144. The Balaban J connectivity index is 1.53. The Morgan fingerprint density at radius 2 is 1.92 bits per heavy atom. The van der Waals surface area contributed by atoms with Gasteiger partial charge in [-0.1, -0.05) is 0 Å². The minimum atomic E-state index is -0.356. The van der Waals surface area contributed by atoms with Crippen LogP contribution in [0.4, 0.5) is 4.79 Å². The molecule has 3 aliphatic heterocycles. The monoisotopic (exact) mass is 339 g/mol. The van der Waals surface area contributed by atoms with E-state index in [0.717, 1.165) is 32.4 Å². The maximum absolute atomic E-state index is 12.6. The molecule has 3 saturated heterocycles. The van der Waals surface area contributed by atoms with Gasteiger partial charge in [0.2, 0.25) is 5.91 Å². The van der Waals surface area contributed by atoms with Crippen LogP contribution in [0.2, 0.25) is 0 Å². The van der Waals surface area contributed by atoms with Crippen molar-refractivity contribution < 1.29 is 19.1 Å². The van der Waals surface area contributed by atoms with Crippen LogP contribution in [0.1, 0.15) is 33.1 Å². The van der Waals surface area contributed by atoms with Crippen LogP contribution < -0.4 is 0 Å². The summed E-state index contributed by atoms with van der Waals surface area (Å²) in [7, 11) is 1.78. The third-order valence-electron chi connectivity index (χ3n) is 5.26. The van der Waals surface area contributed by atoms with Crippen LogP contribution in [0.15, 0.2) is 0 Å². The first-order chi connectivity index (χ1) is 11.4. The molecule has 1 unspecified atom stereocenters. The molecule has 0 radical (unpaired) electrons. The van der Waals surface area contributed by atoms with E-state index in [9.17, 15) is 9.59 Å². The van der Waals surface area contributed by atoms with Crippen molar-refractivity contribution in [3.8, 4) is 0 Å². The first-order valence-corrected chi connectivity index (χ1v) is 8.97. The second kappa shape index (κ2) is 6.88. The normalized spacial score (nSPS) is 35.2. The molecule has 2 amide bonds. The van der Waals surface area contributed by atoms with Crippen LogP contribution in [-0.4, -0.2) is 90.8 Å². The molecule has 136 valence electrons. The SMILES string of the molecule is C[C@@H]1CN(C(=O)CN2CCCC3(CC2)CN(C)C(=O)O3)C[C@H](C)O1. The van der Waals surface area contributed by atoms with E-state index in [4.69, 9.17) is 9.47 Å². The summed E-state index contributed by atoms with van der Waals surface area (Å²) in [4.78, 5) is 30.1. The summed E-state index contributed by atoms with van der Waals surface area (Å²) in [5.74, 6) is 0.175. The molecular formula is C17H29N3O4. The molecular weight excluding hydrogens is 310 g/mol. The largest absolute Gasteiger partial charge is 0.441 e. The molecule has 3 heterocycles. The first kappa shape index (κ1) is 17.5. The van der Waals surface area contributed by atoms with Crippen LogP contribution in [-0.2, 0) is 14.3 Å². The van der Waals surface area contributed by atoms with Gasteiger partial charge in [0.15, 0.2) is 0 Å². The molecule has 24 heavy (non-hydrogen) atoms. The zero-order valence-electron chi connectivity index (χ0n) is 15.0. The summed E-state index contributed by atoms with van der Waals surface area (Å²) in [5, 5.41) is 0. The zero-order chi connectivity index (χ0) is 17.3. The maximum atomic E-state index is 12.6.